The Bertz CT molecular complexity index is 272. The van der Waals surface area contributed by atoms with E-state index in [0.29, 0.717) is 12.4 Å². The van der Waals surface area contributed by atoms with E-state index >= 15 is 0 Å². The summed E-state index contributed by atoms with van der Waals surface area (Å²) < 4.78 is 1.73. The van der Waals surface area contributed by atoms with Gasteiger partial charge >= 0.3 is 0 Å². The second-order valence-electron chi connectivity index (χ2n) is 2.27. The van der Waals surface area contributed by atoms with Crippen LogP contribution in [0.4, 0.5) is 0 Å². The van der Waals surface area contributed by atoms with Crippen molar-refractivity contribution in [3.63, 3.8) is 0 Å². The molecule has 1 aromatic rings. The molecule has 0 fully saturated rings. The lowest BCUT2D eigenvalue weighted by molar-refractivity contribution is -0.118. The van der Waals surface area contributed by atoms with Crippen LogP contribution in [0.15, 0.2) is 6.33 Å². The van der Waals surface area contributed by atoms with E-state index in [-0.39, 0.29) is 11.8 Å². The molecule has 0 spiro atoms. The van der Waals surface area contributed by atoms with Crippen molar-refractivity contribution in [3.05, 3.63) is 12.2 Å². The van der Waals surface area contributed by atoms with Crippen molar-refractivity contribution < 1.29 is 4.79 Å². The van der Waals surface area contributed by atoms with Gasteiger partial charge < -0.3 is 9.88 Å². The number of rotatable bonds is 3. The molecule has 6 heteroatoms. The van der Waals surface area contributed by atoms with E-state index in [2.05, 4.69) is 15.5 Å². The highest BCUT2D eigenvalue weighted by molar-refractivity contribution is 6.27. The first-order valence-electron chi connectivity index (χ1n) is 3.39. The first-order chi connectivity index (χ1) is 5.74. The van der Waals surface area contributed by atoms with Crippen LogP contribution in [-0.4, -0.2) is 26.6 Å². The highest BCUT2D eigenvalue weighted by Crippen LogP contribution is 1.89. The number of aromatic nitrogens is 3. The fourth-order valence-electron chi connectivity index (χ4n) is 0.692. The topological polar surface area (TPSA) is 59.8 Å². The molecule has 5 nitrogen and oxygen atoms in total. The predicted molar refractivity (Wildman–Crippen MR) is 43.6 cm³/mol. The molecule has 0 aromatic carbocycles. The first kappa shape index (κ1) is 8.99. The lowest BCUT2D eigenvalue weighted by Gasteiger charge is -2.00. The second-order valence-corrected chi connectivity index (χ2v) is 2.54. The van der Waals surface area contributed by atoms with E-state index in [1.165, 1.54) is 0 Å². The summed E-state index contributed by atoms with van der Waals surface area (Å²) >= 11 is 5.28. The fraction of sp³-hybridized carbons (Fsp3) is 0.500. The molecule has 1 heterocycles. The summed E-state index contributed by atoms with van der Waals surface area (Å²) in [5.74, 6) is 0.464. The molecule has 0 radical (unpaired) electrons. The zero-order chi connectivity index (χ0) is 8.97. The van der Waals surface area contributed by atoms with Gasteiger partial charge in [-0.05, 0) is 0 Å². The van der Waals surface area contributed by atoms with Gasteiger partial charge in [-0.25, -0.2) is 0 Å². The van der Waals surface area contributed by atoms with Crippen molar-refractivity contribution in [3.8, 4) is 0 Å². The molecule has 66 valence electrons. The van der Waals surface area contributed by atoms with Gasteiger partial charge in [0.2, 0.25) is 5.91 Å². The summed E-state index contributed by atoms with van der Waals surface area (Å²) in [5.41, 5.74) is 0. The van der Waals surface area contributed by atoms with Crippen molar-refractivity contribution >= 4 is 17.5 Å². The van der Waals surface area contributed by atoms with E-state index < -0.39 is 0 Å². The van der Waals surface area contributed by atoms with Crippen LogP contribution in [-0.2, 0) is 18.4 Å². The number of alkyl halides is 1. The Labute approximate surface area is 74.7 Å². The third kappa shape index (κ3) is 2.20. The number of hydrogen-bond donors (Lipinski definition) is 1. The van der Waals surface area contributed by atoms with Gasteiger partial charge in [-0.1, -0.05) is 0 Å². The van der Waals surface area contributed by atoms with E-state index in [1.54, 1.807) is 10.9 Å². The fourth-order valence-corrected chi connectivity index (χ4v) is 0.787. The van der Waals surface area contributed by atoms with Crippen LogP contribution < -0.4 is 5.32 Å². The van der Waals surface area contributed by atoms with Gasteiger partial charge in [0, 0.05) is 7.05 Å². The van der Waals surface area contributed by atoms with Crippen molar-refractivity contribution in [1.82, 2.24) is 20.1 Å². The number of hydrogen-bond acceptors (Lipinski definition) is 3. The molecule has 0 unspecified atom stereocenters. The summed E-state index contributed by atoms with van der Waals surface area (Å²) in [5, 5.41) is 10.0. The third-order valence-electron chi connectivity index (χ3n) is 1.37. The van der Waals surface area contributed by atoms with Crippen LogP contribution in [0.2, 0.25) is 0 Å². The molecule has 0 atom stereocenters. The largest absolute Gasteiger partial charge is 0.348 e. The zero-order valence-corrected chi connectivity index (χ0v) is 7.38. The Morgan fingerprint density at radius 1 is 1.83 bits per heavy atom. The summed E-state index contributed by atoms with van der Waals surface area (Å²) in [7, 11) is 1.81. The molecule has 1 rings (SSSR count). The van der Waals surface area contributed by atoms with Gasteiger partial charge in [0.15, 0.2) is 5.82 Å². The van der Waals surface area contributed by atoms with Gasteiger partial charge in [0.05, 0.1) is 6.54 Å². The Balaban J connectivity index is 2.43. The quantitative estimate of drug-likeness (QED) is 0.661. The third-order valence-corrected chi connectivity index (χ3v) is 1.61. The van der Waals surface area contributed by atoms with Gasteiger partial charge in [0.25, 0.3) is 0 Å². The predicted octanol–water partition coefficient (Wildman–Crippen LogP) is -0.330. The highest BCUT2D eigenvalue weighted by atomic mass is 35.5. The molecule has 0 bridgehead atoms. The number of nitrogens with zero attached hydrogens (tertiary/aromatic N) is 3. The van der Waals surface area contributed by atoms with Gasteiger partial charge in [-0.3, -0.25) is 4.79 Å². The summed E-state index contributed by atoms with van der Waals surface area (Å²) in [4.78, 5) is 10.7. The minimum atomic E-state index is -0.209. The lowest BCUT2D eigenvalue weighted by Crippen LogP contribution is -2.25. The van der Waals surface area contributed by atoms with Crippen LogP contribution in [0.5, 0.6) is 0 Å². The van der Waals surface area contributed by atoms with Crippen molar-refractivity contribution in [2.45, 2.75) is 6.54 Å². The monoisotopic (exact) mass is 188 g/mol. The molecular formula is C6H9ClN4O. The van der Waals surface area contributed by atoms with E-state index in [4.69, 9.17) is 11.6 Å². The van der Waals surface area contributed by atoms with Crippen LogP contribution in [0.1, 0.15) is 5.82 Å². The maximum atomic E-state index is 10.7. The molecule has 1 aromatic heterocycles. The standard InChI is InChI=1S/C6H9ClN4O/c1-11-4-9-10-5(11)3-8-6(12)2-7/h4H,2-3H2,1H3,(H,8,12). The van der Waals surface area contributed by atoms with Crippen LogP contribution in [0, 0.1) is 0 Å². The lowest BCUT2D eigenvalue weighted by atomic mass is 10.5. The van der Waals surface area contributed by atoms with Gasteiger partial charge in [-0.2, -0.15) is 0 Å². The van der Waals surface area contributed by atoms with Gasteiger partial charge in [-0.15, -0.1) is 21.8 Å². The van der Waals surface area contributed by atoms with E-state index in [1.807, 2.05) is 7.05 Å². The average Bonchev–Trinajstić information content (AvgIpc) is 2.47. The number of carbonyl (C=O) groups is 1. The molecule has 0 aliphatic carbocycles. The molecule has 0 aliphatic rings. The van der Waals surface area contributed by atoms with Crippen molar-refractivity contribution in [2.24, 2.45) is 7.05 Å². The molecule has 0 saturated heterocycles. The smallest absolute Gasteiger partial charge is 0.235 e. The van der Waals surface area contributed by atoms with Crippen LogP contribution >= 0.6 is 11.6 Å². The molecule has 0 aliphatic heterocycles. The summed E-state index contributed by atoms with van der Waals surface area (Å²) in [6.45, 7) is 0.363. The number of halogens is 1. The number of nitrogens with one attached hydrogen (secondary N) is 1. The van der Waals surface area contributed by atoms with Crippen LogP contribution in [0.3, 0.4) is 0 Å². The van der Waals surface area contributed by atoms with E-state index in [0.717, 1.165) is 0 Å². The van der Waals surface area contributed by atoms with E-state index in [9.17, 15) is 4.79 Å². The second kappa shape index (κ2) is 4.06. The first-order valence-corrected chi connectivity index (χ1v) is 3.93. The molecule has 0 saturated carbocycles. The highest BCUT2D eigenvalue weighted by Gasteiger charge is 2.02. The normalized spacial score (nSPS) is 9.83. The SMILES string of the molecule is Cn1cnnc1CNC(=O)CCl. The number of carbonyl (C=O) groups excluding carboxylic acids is 1. The maximum absolute atomic E-state index is 10.7. The Kier molecular flexibility index (Phi) is 3.04. The summed E-state index contributed by atoms with van der Waals surface area (Å²) in [6.07, 6.45) is 1.57. The number of amides is 1. The minimum Gasteiger partial charge on any atom is -0.348 e. The Morgan fingerprint density at radius 2 is 2.58 bits per heavy atom. The molecular weight excluding hydrogens is 180 g/mol. The molecule has 1 N–H and O–H groups in total. The van der Waals surface area contributed by atoms with Crippen LogP contribution in [0.25, 0.3) is 0 Å². The summed E-state index contributed by atoms with van der Waals surface area (Å²) in [6, 6.07) is 0. The Hall–Kier alpha value is -1.10. The molecule has 1 amide bonds. The minimum absolute atomic E-state index is 0.0299. The maximum Gasteiger partial charge on any atom is 0.235 e. The van der Waals surface area contributed by atoms with Crippen molar-refractivity contribution in [1.29, 1.82) is 0 Å². The Morgan fingerprint density at radius 3 is 3.08 bits per heavy atom. The zero-order valence-electron chi connectivity index (χ0n) is 6.62. The van der Waals surface area contributed by atoms with Gasteiger partial charge in [0.1, 0.15) is 12.2 Å². The average molecular weight is 189 g/mol. The molecule has 12 heavy (non-hydrogen) atoms. The number of aryl methyl sites for hydroxylation is 1. The van der Waals surface area contributed by atoms with Crippen molar-refractivity contribution in [2.75, 3.05) is 5.88 Å².